The molecule has 0 saturated heterocycles. The summed E-state index contributed by atoms with van der Waals surface area (Å²) in [4.78, 5) is 20.9. The molecule has 0 N–H and O–H groups in total. The molecule has 0 radical (unpaired) electrons. The Morgan fingerprint density at radius 3 is 2.48 bits per heavy atom. The molecule has 1 aliphatic rings. The number of imidazole rings is 1. The van der Waals surface area contributed by atoms with Gasteiger partial charge in [-0.15, -0.1) is 0 Å². The molecule has 33 heavy (non-hydrogen) atoms. The number of amides is 1. The Bertz CT molecular complexity index is 1240. The molecule has 1 saturated carbocycles. The van der Waals surface area contributed by atoms with Gasteiger partial charge in [0.25, 0.3) is 0 Å². The molecule has 1 fully saturated rings. The van der Waals surface area contributed by atoms with Crippen LogP contribution in [0.2, 0.25) is 0 Å². The van der Waals surface area contributed by atoms with Crippen molar-refractivity contribution in [2.45, 2.75) is 58.2 Å². The Kier molecular flexibility index (Phi) is 6.25. The summed E-state index contributed by atoms with van der Waals surface area (Å²) in [6, 6.07) is 27.2. The predicted octanol–water partition coefficient (Wildman–Crippen LogP) is 6.37. The van der Waals surface area contributed by atoms with Crippen LogP contribution >= 0.6 is 0 Å². The van der Waals surface area contributed by atoms with Crippen molar-refractivity contribution < 1.29 is 4.79 Å². The van der Waals surface area contributed by atoms with Crippen LogP contribution in [0.4, 0.5) is 0 Å². The van der Waals surface area contributed by atoms with E-state index in [0.717, 1.165) is 35.3 Å². The van der Waals surface area contributed by atoms with Gasteiger partial charge in [0.15, 0.2) is 0 Å². The number of hydrogen-bond donors (Lipinski definition) is 0. The number of para-hydroxylation sites is 2. The van der Waals surface area contributed by atoms with E-state index in [-0.39, 0.29) is 5.91 Å². The molecule has 5 rings (SSSR count). The van der Waals surface area contributed by atoms with Gasteiger partial charge in [-0.3, -0.25) is 4.79 Å². The van der Waals surface area contributed by atoms with Crippen molar-refractivity contribution >= 4 is 16.9 Å². The maximum Gasteiger partial charge on any atom is 0.243 e. The number of hydrogen-bond acceptors (Lipinski definition) is 2. The van der Waals surface area contributed by atoms with E-state index in [9.17, 15) is 4.79 Å². The van der Waals surface area contributed by atoms with Crippen LogP contribution in [0, 0.1) is 6.92 Å². The molecule has 0 spiro atoms. The standard InChI is InChI=1S/C29H31N3O/c1-22-11-10-14-24(19-22)29-30-26-17-8-9-18-27(26)32(29)21-28(33)31(25-15-6-3-7-16-25)20-23-12-4-2-5-13-23/h2,4-5,8-14,17-19,25H,3,6-7,15-16,20-21H2,1H3. The fourth-order valence-corrected chi connectivity index (χ4v) is 5.06. The Balaban J connectivity index is 1.51. The summed E-state index contributed by atoms with van der Waals surface area (Å²) in [5.74, 6) is 1.03. The second-order valence-corrected chi connectivity index (χ2v) is 9.18. The van der Waals surface area contributed by atoms with Crippen LogP contribution in [0.5, 0.6) is 0 Å². The number of carbonyl (C=O) groups excluding carboxylic acids is 1. The third-order valence-corrected chi connectivity index (χ3v) is 6.76. The smallest absolute Gasteiger partial charge is 0.243 e. The first-order chi connectivity index (χ1) is 16.2. The number of carbonyl (C=O) groups is 1. The lowest BCUT2D eigenvalue weighted by Gasteiger charge is -2.35. The molecular formula is C29H31N3O. The zero-order chi connectivity index (χ0) is 22.6. The number of nitrogens with zero attached hydrogens (tertiary/aromatic N) is 3. The summed E-state index contributed by atoms with van der Waals surface area (Å²) in [6.45, 7) is 3.05. The van der Waals surface area contributed by atoms with Crippen molar-refractivity contribution in [2.75, 3.05) is 0 Å². The predicted molar refractivity (Wildman–Crippen MR) is 134 cm³/mol. The summed E-state index contributed by atoms with van der Waals surface area (Å²) in [5, 5.41) is 0. The molecule has 4 aromatic rings. The fraction of sp³-hybridized carbons (Fsp3) is 0.310. The topological polar surface area (TPSA) is 38.1 Å². The second kappa shape index (κ2) is 9.62. The first kappa shape index (κ1) is 21.4. The highest BCUT2D eigenvalue weighted by molar-refractivity contribution is 5.84. The van der Waals surface area contributed by atoms with Crippen LogP contribution < -0.4 is 0 Å². The molecule has 4 heteroatoms. The van der Waals surface area contributed by atoms with Crippen LogP contribution in [-0.4, -0.2) is 26.4 Å². The van der Waals surface area contributed by atoms with Gasteiger partial charge < -0.3 is 9.47 Å². The zero-order valence-electron chi connectivity index (χ0n) is 19.3. The average molecular weight is 438 g/mol. The minimum Gasteiger partial charge on any atom is -0.334 e. The van der Waals surface area contributed by atoms with E-state index in [1.54, 1.807) is 0 Å². The third kappa shape index (κ3) is 4.70. The van der Waals surface area contributed by atoms with Gasteiger partial charge in [0.05, 0.1) is 11.0 Å². The molecule has 1 aromatic heterocycles. The Morgan fingerprint density at radius 2 is 1.70 bits per heavy atom. The maximum atomic E-state index is 13.9. The summed E-state index contributed by atoms with van der Waals surface area (Å²) >= 11 is 0. The van der Waals surface area contributed by atoms with E-state index >= 15 is 0 Å². The van der Waals surface area contributed by atoms with Crippen molar-refractivity contribution in [1.82, 2.24) is 14.5 Å². The monoisotopic (exact) mass is 437 g/mol. The van der Waals surface area contributed by atoms with Gasteiger partial charge in [0.1, 0.15) is 12.4 Å². The molecule has 4 nitrogen and oxygen atoms in total. The second-order valence-electron chi connectivity index (χ2n) is 9.18. The SMILES string of the molecule is Cc1cccc(-c2nc3ccccc3n2CC(=O)N(Cc2ccccc2)C2CCCCC2)c1. The third-order valence-electron chi connectivity index (χ3n) is 6.76. The normalized spacial score (nSPS) is 14.5. The lowest BCUT2D eigenvalue weighted by atomic mass is 9.93. The molecule has 0 atom stereocenters. The number of aromatic nitrogens is 2. The molecular weight excluding hydrogens is 406 g/mol. The highest BCUT2D eigenvalue weighted by Gasteiger charge is 2.27. The minimum atomic E-state index is 0.169. The van der Waals surface area contributed by atoms with Gasteiger partial charge in [-0.1, -0.05) is 85.5 Å². The minimum absolute atomic E-state index is 0.169. The average Bonchev–Trinajstić information content (AvgIpc) is 3.22. The van der Waals surface area contributed by atoms with E-state index < -0.39 is 0 Å². The Morgan fingerprint density at radius 1 is 0.939 bits per heavy atom. The Hall–Kier alpha value is -3.40. The first-order valence-corrected chi connectivity index (χ1v) is 12.0. The zero-order valence-corrected chi connectivity index (χ0v) is 19.3. The van der Waals surface area contributed by atoms with E-state index in [1.807, 2.05) is 24.3 Å². The lowest BCUT2D eigenvalue weighted by molar-refractivity contribution is -0.135. The van der Waals surface area contributed by atoms with Crippen LogP contribution in [0.3, 0.4) is 0 Å². The lowest BCUT2D eigenvalue weighted by Crippen LogP contribution is -2.42. The summed E-state index contributed by atoms with van der Waals surface area (Å²) in [6.07, 6.45) is 5.85. The number of benzene rings is 3. The van der Waals surface area contributed by atoms with Crippen molar-refractivity contribution in [2.24, 2.45) is 0 Å². The maximum absolute atomic E-state index is 13.9. The van der Waals surface area contributed by atoms with Gasteiger partial charge in [-0.05, 0) is 43.5 Å². The molecule has 3 aromatic carbocycles. The van der Waals surface area contributed by atoms with E-state index in [0.29, 0.717) is 19.1 Å². The number of fused-ring (bicyclic) bond motifs is 1. The van der Waals surface area contributed by atoms with Gasteiger partial charge in [0.2, 0.25) is 5.91 Å². The van der Waals surface area contributed by atoms with Crippen molar-refractivity contribution in [3.8, 4) is 11.4 Å². The molecule has 0 aliphatic heterocycles. The van der Waals surface area contributed by atoms with Gasteiger partial charge in [-0.2, -0.15) is 0 Å². The van der Waals surface area contributed by atoms with Crippen molar-refractivity contribution in [1.29, 1.82) is 0 Å². The molecule has 168 valence electrons. The van der Waals surface area contributed by atoms with Crippen LogP contribution in [0.25, 0.3) is 22.4 Å². The quantitative estimate of drug-likeness (QED) is 0.351. The van der Waals surface area contributed by atoms with E-state index in [1.165, 1.54) is 30.4 Å². The van der Waals surface area contributed by atoms with Crippen LogP contribution in [-0.2, 0) is 17.9 Å². The van der Waals surface area contributed by atoms with Gasteiger partial charge >= 0.3 is 0 Å². The molecule has 1 aliphatic carbocycles. The highest BCUT2D eigenvalue weighted by atomic mass is 16.2. The fourth-order valence-electron chi connectivity index (χ4n) is 5.06. The molecule has 1 heterocycles. The van der Waals surface area contributed by atoms with Gasteiger partial charge in [0, 0.05) is 18.2 Å². The van der Waals surface area contributed by atoms with E-state index in [4.69, 9.17) is 4.98 Å². The van der Waals surface area contributed by atoms with Crippen molar-refractivity contribution in [3.63, 3.8) is 0 Å². The van der Waals surface area contributed by atoms with Crippen molar-refractivity contribution in [3.05, 3.63) is 90.0 Å². The highest BCUT2D eigenvalue weighted by Crippen LogP contribution is 2.28. The largest absolute Gasteiger partial charge is 0.334 e. The number of aryl methyl sites for hydroxylation is 1. The summed E-state index contributed by atoms with van der Waals surface area (Å²) < 4.78 is 2.10. The molecule has 1 amide bonds. The number of rotatable bonds is 6. The first-order valence-electron chi connectivity index (χ1n) is 12.0. The Labute approximate surface area is 195 Å². The van der Waals surface area contributed by atoms with Crippen LogP contribution in [0.1, 0.15) is 43.2 Å². The molecule has 0 bridgehead atoms. The molecule has 0 unspecified atom stereocenters. The summed E-state index contributed by atoms with van der Waals surface area (Å²) in [7, 11) is 0. The van der Waals surface area contributed by atoms with Crippen LogP contribution in [0.15, 0.2) is 78.9 Å². The van der Waals surface area contributed by atoms with Gasteiger partial charge in [-0.25, -0.2) is 4.98 Å². The summed E-state index contributed by atoms with van der Waals surface area (Å²) in [5.41, 5.74) is 5.35. The van der Waals surface area contributed by atoms with E-state index in [2.05, 4.69) is 71.0 Å².